The second-order valence-electron chi connectivity index (χ2n) is 4.36. The number of carbonyl (C=O) groups is 2. The summed E-state index contributed by atoms with van der Waals surface area (Å²) in [5, 5.41) is 13.3. The molecule has 0 unspecified atom stereocenters. The van der Waals surface area contributed by atoms with Gasteiger partial charge in [-0.15, -0.1) is 0 Å². The van der Waals surface area contributed by atoms with Gasteiger partial charge < -0.3 is 13.9 Å². The minimum atomic E-state index is -0.696. The molecule has 0 saturated carbocycles. The molecule has 126 valence electrons. The molecular formula is C14H13N3O7. The van der Waals surface area contributed by atoms with Crippen LogP contribution in [0.15, 0.2) is 28.9 Å². The lowest BCUT2D eigenvalue weighted by molar-refractivity contribution is -0.385. The van der Waals surface area contributed by atoms with Gasteiger partial charge in [-0.25, -0.2) is 4.79 Å². The predicted molar refractivity (Wildman–Crippen MR) is 80.1 cm³/mol. The summed E-state index contributed by atoms with van der Waals surface area (Å²) in [6, 6.07) is 3.47. The summed E-state index contributed by atoms with van der Waals surface area (Å²) >= 11 is 0. The van der Waals surface area contributed by atoms with Crippen LogP contribution in [0.4, 0.5) is 11.7 Å². The third kappa shape index (κ3) is 3.66. The molecule has 0 atom stereocenters. The van der Waals surface area contributed by atoms with Gasteiger partial charge in [0.25, 0.3) is 5.91 Å². The molecule has 1 heterocycles. The Morgan fingerprint density at radius 1 is 1.42 bits per heavy atom. The maximum Gasteiger partial charge on any atom is 0.360 e. The number of hydrogen-bond acceptors (Lipinski definition) is 8. The molecule has 1 aromatic carbocycles. The van der Waals surface area contributed by atoms with E-state index in [1.165, 1.54) is 19.2 Å². The largest absolute Gasteiger partial charge is 0.490 e. The van der Waals surface area contributed by atoms with Gasteiger partial charge in [-0.2, -0.15) is 4.98 Å². The zero-order valence-electron chi connectivity index (χ0n) is 12.8. The number of nitro groups is 1. The Morgan fingerprint density at radius 2 is 2.17 bits per heavy atom. The Morgan fingerprint density at radius 3 is 2.79 bits per heavy atom. The van der Waals surface area contributed by atoms with Gasteiger partial charge in [0.1, 0.15) is 6.26 Å². The number of ether oxygens (including phenoxy) is 2. The van der Waals surface area contributed by atoms with Crippen LogP contribution in [0.2, 0.25) is 0 Å². The van der Waals surface area contributed by atoms with Gasteiger partial charge in [0, 0.05) is 11.6 Å². The lowest BCUT2D eigenvalue weighted by Gasteiger charge is -2.04. The number of oxazole rings is 1. The number of esters is 1. The quantitative estimate of drug-likeness (QED) is 0.481. The molecule has 0 aliphatic carbocycles. The highest BCUT2D eigenvalue weighted by molar-refractivity contribution is 6.04. The highest BCUT2D eigenvalue weighted by Gasteiger charge is 2.20. The van der Waals surface area contributed by atoms with Crippen LogP contribution in [0.5, 0.6) is 5.75 Å². The van der Waals surface area contributed by atoms with Crippen LogP contribution in [0, 0.1) is 10.1 Å². The Hall–Kier alpha value is -3.43. The minimum Gasteiger partial charge on any atom is -0.490 e. The number of benzene rings is 1. The maximum atomic E-state index is 12.1. The number of methoxy groups -OCH3 is 1. The first-order chi connectivity index (χ1) is 11.5. The van der Waals surface area contributed by atoms with Gasteiger partial charge in [0.15, 0.2) is 11.4 Å². The minimum absolute atomic E-state index is 0.00150. The number of amides is 1. The van der Waals surface area contributed by atoms with Crippen LogP contribution in [0.1, 0.15) is 27.8 Å². The van der Waals surface area contributed by atoms with Crippen LogP contribution in [0.3, 0.4) is 0 Å². The molecule has 0 spiro atoms. The Labute approximate surface area is 135 Å². The first-order valence-electron chi connectivity index (χ1n) is 6.72. The molecule has 0 aliphatic rings. The molecule has 10 heteroatoms. The van der Waals surface area contributed by atoms with Crippen LogP contribution >= 0.6 is 0 Å². The van der Waals surface area contributed by atoms with Crippen molar-refractivity contribution in [2.45, 2.75) is 6.92 Å². The normalized spacial score (nSPS) is 10.1. The number of rotatable bonds is 6. The highest BCUT2D eigenvalue weighted by atomic mass is 16.6. The van der Waals surface area contributed by atoms with E-state index in [2.05, 4.69) is 10.3 Å². The monoisotopic (exact) mass is 335 g/mol. The highest BCUT2D eigenvalue weighted by Crippen LogP contribution is 2.27. The van der Waals surface area contributed by atoms with E-state index >= 15 is 0 Å². The van der Waals surface area contributed by atoms with E-state index in [-0.39, 0.29) is 35.3 Å². The van der Waals surface area contributed by atoms with Crippen LogP contribution in [0.25, 0.3) is 0 Å². The average Bonchev–Trinajstić information content (AvgIpc) is 3.03. The van der Waals surface area contributed by atoms with Crippen molar-refractivity contribution in [3.63, 3.8) is 0 Å². The second-order valence-corrected chi connectivity index (χ2v) is 4.36. The first-order valence-corrected chi connectivity index (χ1v) is 6.72. The van der Waals surface area contributed by atoms with Gasteiger partial charge in [-0.3, -0.25) is 20.2 Å². The van der Waals surface area contributed by atoms with E-state index < -0.39 is 16.8 Å². The third-order valence-electron chi connectivity index (χ3n) is 2.85. The van der Waals surface area contributed by atoms with Crippen molar-refractivity contribution in [3.8, 4) is 5.75 Å². The molecule has 1 N–H and O–H groups in total. The summed E-state index contributed by atoms with van der Waals surface area (Å²) in [6.07, 6.45) is 1.03. The lowest BCUT2D eigenvalue weighted by Crippen LogP contribution is -2.13. The molecule has 2 aromatic rings. The molecule has 0 radical (unpaired) electrons. The molecule has 1 aromatic heterocycles. The van der Waals surface area contributed by atoms with E-state index in [9.17, 15) is 19.7 Å². The molecule has 24 heavy (non-hydrogen) atoms. The number of nitrogens with one attached hydrogen (secondary N) is 1. The predicted octanol–water partition coefficient (Wildman–Crippen LogP) is 2.02. The van der Waals surface area contributed by atoms with Gasteiger partial charge in [0.05, 0.1) is 18.6 Å². The molecule has 0 aliphatic heterocycles. The lowest BCUT2D eigenvalue weighted by atomic mass is 10.2. The van der Waals surface area contributed by atoms with E-state index in [1.807, 2.05) is 0 Å². The first kappa shape index (κ1) is 16.9. The summed E-state index contributed by atoms with van der Waals surface area (Å²) in [7, 11) is 1.28. The van der Waals surface area contributed by atoms with Gasteiger partial charge in [-0.05, 0) is 19.1 Å². The molecule has 10 nitrogen and oxygen atoms in total. The van der Waals surface area contributed by atoms with E-state index in [1.54, 1.807) is 6.92 Å². The fraction of sp³-hybridized carbons (Fsp3) is 0.214. The van der Waals surface area contributed by atoms with Gasteiger partial charge in [-0.1, -0.05) is 0 Å². The number of nitrogens with zero attached hydrogens (tertiary/aromatic N) is 2. The zero-order valence-corrected chi connectivity index (χ0v) is 12.8. The van der Waals surface area contributed by atoms with Crippen LogP contribution < -0.4 is 10.1 Å². The molecule has 1 amide bonds. The Balaban J connectivity index is 2.17. The molecule has 2 rings (SSSR count). The van der Waals surface area contributed by atoms with E-state index in [0.29, 0.717) is 0 Å². The van der Waals surface area contributed by atoms with Crippen molar-refractivity contribution in [3.05, 3.63) is 45.8 Å². The van der Waals surface area contributed by atoms with Gasteiger partial charge >= 0.3 is 17.7 Å². The second kappa shape index (κ2) is 7.22. The van der Waals surface area contributed by atoms with E-state index in [4.69, 9.17) is 13.9 Å². The SMILES string of the molecule is CCOC(=O)c1coc(NC(=O)c2ccc(OC)c([N+](=O)[O-])c2)n1. The van der Waals surface area contributed by atoms with Gasteiger partial charge in [0.2, 0.25) is 0 Å². The van der Waals surface area contributed by atoms with Crippen LogP contribution in [-0.2, 0) is 4.74 Å². The average molecular weight is 335 g/mol. The number of hydrogen-bond donors (Lipinski definition) is 1. The number of anilines is 1. The summed E-state index contributed by atoms with van der Waals surface area (Å²) in [4.78, 5) is 37.6. The molecule has 0 fully saturated rings. The topological polar surface area (TPSA) is 134 Å². The summed E-state index contributed by atoms with van der Waals surface area (Å²) in [6.45, 7) is 1.81. The van der Waals surface area contributed by atoms with E-state index in [0.717, 1.165) is 12.3 Å². The number of aromatic nitrogens is 1. The van der Waals surface area contributed by atoms with Crippen molar-refractivity contribution in [2.24, 2.45) is 0 Å². The zero-order chi connectivity index (χ0) is 17.7. The van der Waals surface area contributed by atoms with Crippen LogP contribution in [-0.4, -0.2) is 35.5 Å². The third-order valence-corrected chi connectivity index (χ3v) is 2.85. The Bertz CT molecular complexity index is 784. The van der Waals surface area contributed by atoms with Crippen molar-refractivity contribution in [2.75, 3.05) is 19.0 Å². The fourth-order valence-electron chi connectivity index (χ4n) is 1.77. The van der Waals surface area contributed by atoms with Crippen molar-refractivity contribution in [1.29, 1.82) is 0 Å². The number of nitro benzene ring substituents is 1. The fourth-order valence-corrected chi connectivity index (χ4v) is 1.77. The molecule has 0 saturated heterocycles. The Kier molecular flexibility index (Phi) is 5.09. The van der Waals surface area contributed by atoms with Crippen molar-refractivity contribution in [1.82, 2.24) is 4.98 Å². The maximum absolute atomic E-state index is 12.1. The smallest absolute Gasteiger partial charge is 0.360 e. The summed E-state index contributed by atoms with van der Waals surface area (Å²) < 4.78 is 14.5. The molecule has 0 bridgehead atoms. The van der Waals surface area contributed by atoms with Crippen molar-refractivity contribution < 1.29 is 28.4 Å². The summed E-state index contributed by atoms with van der Waals surface area (Å²) in [5.74, 6) is -1.36. The summed E-state index contributed by atoms with van der Waals surface area (Å²) in [5.41, 5.74) is -0.462. The standard InChI is InChI=1S/C14H13N3O7/c1-3-23-13(19)9-7-24-14(15-9)16-12(18)8-4-5-11(22-2)10(6-8)17(20)21/h4-7H,3H2,1-2H3,(H,15,16,18). The van der Waals surface area contributed by atoms with Crippen molar-refractivity contribution >= 4 is 23.6 Å². The molecular weight excluding hydrogens is 322 g/mol. The number of carbonyl (C=O) groups excluding carboxylic acids is 2.